The number of benzene rings is 2. The molecular weight excluding hydrogens is 421 g/mol. The lowest BCUT2D eigenvalue weighted by Crippen LogP contribution is -2.44. The molecule has 2 N–H and O–H groups in total. The Morgan fingerprint density at radius 1 is 1.10 bits per heavy atom. The van der Waals surface area contributed by atoms with Crippen molar-refractivity contribution in [3.8, 4) is 11.5 Å². The summed E-state index contributed by atoms with van der Waals surface area (Å²) in [5.41, 5.74) is 4.64. The maximum absolute atomic E-state index is 9.99. The van der Waals surface area contributed by atoms with Gasteiger partial charge in [-0.1, -0.05) is 31.2 Å². The van der Waals surface area contributed by atoms with Gasteiger partial charge in [-0.15, -0.1) is 24.8 Å². The highest BCUT2D eigenvalue weighted by Crippen LogP contribution is 2.39. The number of phenols is 1. The van der Waals surface area contributed by atoms with E-state index in [1.807, 2.05) is 18.2 Å². The first-order valence-electron chi connectivity index (χ1n) is 9.82. The molecule has 4 rings (SSSR count). The number of para-hydroxylation sites is 1. The van der Waals surface area contributed by atoms with E-state index in [0.29, 0.717) is 5.75 Å². The van der Waals surface area contributed by atoms with Gasteiger partial charge in [0.1, 0.15) is 5.82 Å². The van der Waals surface area contributed by atoms with Crippen LogP contribution in [0.25, 0.3) is 10.9 Å². The molecule has 162 valence electrons. The third-order valence-corrected chi connectivity index (χ3v) is 5.73. The van der Waals surface area contributed by atoms with Gasteiger partial charge in [-0.05, 0) is 36.2 Å². The zero-order chi connectivity index (χ0) is 19.7. The van der Waals surface area contributed by atoms with Crippen molar-refractivity contribution < 1.29 is 9.84 Å². The Hall–Kier alpha value is -2.21. The van der Waals surface area contributed by atoms with E-state index in [-0.39, 0.29) is 36.5 Å². The van der Waals surface area contributed by atoms with E-state index in [0.717, 1.165) is 43.1 Å². The summed E-state index contributed by atoms with van der Waals surface area (Å²) in [5.74, 6) is 1.85. The minimum Gasteiger partial charge on any atom is -0.504 e. The van der Waals surface area contributed by atoms with E-state index < -0.39 is 0 Å². The maximum Gasteiger partial charge on any atom is 0.160 e. The van der Waals surface area contributed by atoms with Crippen molar-refractivity contribution in [2.24, 2.45) is 0 Å². The van der Waals surface area contributed by atoms with Crippen LogP contribution in [0.2, 0.25) is 0 Å². The van der Waals surface area contributed by atoms with Gasteiger partial charge in [0.05, 0.1) is 12.6 Å². The highest BCUT2D eigenvalue weighted by molar-refractivity contribution is 5.86. The lowest BCUT2D eigenvalue weighted by Gasteiger charge is -2.32. The van der Waals surface area contributed by atoms with Gasteiger partial charge in [0.2, 0.25) is 0 Å². The van der Waals surface area contributed by atoms with Crippen LogP contribution in [0.5, 0.6) is 11.5 Å². The molecule has 3 aromatic rings. The predicted octanol–water partition coefficient (Wildman–Crippen LogP) is 4.66. The van der Waals surface area contributed by atoms with E-state index >= 15 is 0 Å². The summed E-state index contributed by atoms with van der Waals surface area (Å²) in [6.07, 6.45) is 0. The van der Waals surface area contributed by atoms with E-state index in [2.05, 4.69) is 42.3 Å². The van der Waals surface area contributed by atoms with Crippen molar-refractivity contribution in [3.05, 3.63) is 59.2 Å². The monoisotopic (exact) mass is 449 g/mol. The molecule has 30 heavy (non-hydrogen) atoms. The Kier molecular flexibility index (Phi) is 8.18. The highest BCUT2D eigenvalue weighted by Gasteiger charge is 2.24. The van der Waals surface area contributed by atoms with Crippen molar-refractivity contribution in [2.75, 3.05) is 38.2 Å². The molecule has 1 aliphatic rings. The largest absolute Gasteiger partial charge is 0.504 e. The number of halogens is 2. The average molecular weight is 450 g/mol. The Morgan fingerprint density at radius 2 is 1.80 bits per heavy atom. The second kappa shape index (κ2) is 10.2. The standard InChI is InChI=1S/C23H27N3O2.2ClH/c1-15(17-8-9-20(27)21(14-17)28-3)22-16(2)18-6-4-5-7-19(18)25-23(22)26-12-10-24-11-13-26;;/h4-9,14-15,24,27H,10-13H2,1-3H3;2*1H. The Labute approximate surface area is 190 Å². The normalized spacial score (nSPS) is 14.6. The van der Waals surface area contributed by atoms with Crippen LogP contribution < -0.4 is 15.0 Å². The van der Waals surface area contributed by atoms with Crippen LogP contribution in [0.1, 0.15) is 29.5 Å². The van der Waals surface area contributed by atoms with Crippen LogP contribution in [0.4, 0.5) is 5.82 Å². The van der Waals surface area contributed by atoms with Gasteiger partial charge in [0, 0.05) is 43.0 Å². The van der Waals surface area contributed by atoms with Crippen molar-refractivity contribution in [2.45, 2.75) is 19.8 Å². The molecule has 2 heterocycles. The summed E-state index contributed by atoms with van der Waals surface area (Å²) in [6, 6.07) is 14.0. The SMILES string of the molecule is COc1cc(C(C)c2c(N3CCNCC3)nc3ccccc3c2C)ccc1O.Cl.Cl. The van der Waals surface area contributed by atoms with Crippen molar-refractivity contribution in [3.63, 3.8) is 0 Å². The Balaban J connectivity index is 0.00000160. The number of nitrogens with zero attached hydrogens (tertiary/aromatic N) is 2. The van der Waals surface area contributed by atoms with E-state index in [4.69, 9.17) is 9.72 Å². The first-order valence-corrected chi connectivity index (χ1v) is 9.82. The number of piperazine rings is 1. The Morgan fingerprint density at radius 3 is 2.50 bits per heavy atom. The number of aryl methyl sites for hydroxylation is 1. The minimum absolute atomic E-state index is 0. The number of pyridine rings is 1. The lowest BCUT2D eigenvalue weighted by atomic mass is 9.88. The summed E-state index contributed by atoms with van der Waals surface area (Å²) in [4.78, 5) is 7.47. The second-order valence-corrected chi connectivity index (χ2v) is 7.38. The smallest absolute Gasteiger partial charge is 0.160 e. The van der Waals surface area contributed by atoms with Crippen molar-refractivity contribution in [1.82, 2.24) is 10.3 Å². The number of nitrogens with one attached hydrogen (secondary N) is 1. The fourth-order valence-corrected chi connectivity index (χ4v) is 4.14. The molecule has 0 amide bonds. The van der Waals surface area contributed by atoms with Crippen LogP contribution >= 0.6 is 24.8 Å². The number of methoxy groups -OCH3 is 1. The van der Waals surface area contributed by atoms with Crippen LogP contribution in [-0.2, 0) is 0 Å². The first kappa shape index (κ1) is 24.1. The Bertz CT molecular complexity index is 1010. The van der Waals surface area contributed by atoms with E-state index in [9.17, 15) is 5.11 Å². The number of ether oxygens (including phenoxy) is 1. The zero-order valence-electron chi connectivity index (χ0n) is 17.5. The number of aromatic hydroxyl groups is 1. The summed E-state index contributed by atoms with van der Waals surface area (Å²) in [6.45, 7) is 8.23. The number of aromatic nitrogens is 1. The molecule has 1 aromatic heterocycles. The number of hydrogen-bond donors (Lipinski definition) is 2. The van der Waals surface area contributed by atoms with E-state index in [1.165, 1.54) is 16.5 Å². The molecule has 0 aliphatic carbocycles. The molecule has 0 saturated carbocycles. The molecule has 5 nitrogen and oxygen atoms in total. The third kappa shape index (κ3) is 4.43. The fraction of sp³-hybridized carbons (Fsp3) is 0.348. The molecule has 7 heteroatoms. The molecule has 1 fully saturated rings. The van der Waals surface area contributed by atoms with Gasteiger partial charge in [-0.2, -0.15) is 0 Å². The topological polar surface area (TPSA) is 57.6 Å². The molecule has 2 aromatic carbocycles. The number of anilines is 1. The van der Waals surface area contributed by atoms with Crippen LogP contribution in [0.15, 0.2) is 42.5 Å². The second-order valence-electron chi connectivity index (χ2n) is 7.38. The van der Waals surface area contributed by atoms with Gasteiger partial charge in [0.25, 0.3) is 0 Å². The van der Waals surface area contributed by atoms with Crippen LogP contribution in [-0.4, -0.2) is 43.4 Å². The molecule has 1 saturated heterocycles. The lowest BCUT2D eigenvalue weighted by molar-refractivity contribution is 0.373. The molecule has 0 bridgehead atoms. The molecule has 1 unspecified atom stereocenters. The quantitative estimate of drug-likeness (QED) is 0.606. The fourth-order valence-electron chi connectivity index (χ4n) is 4.14. The van der Waals surface area contributed by atoms with Gasteiger partial charge in [0.15, 0.2) is 11.5 Å². The van der Waals surface area contributed by atoms with Crippen LogP contribution in [0, 0.1) is 6.92 Å². The predicted molar refractivity (Wildman–Crippen MR) is 128 cm³/mol. The molecule has 1 aliphatic heterocycles. The molecule has 1 atom stereocenters. The van der Waals surface area contributed by atoms with Gasteiger partial charge < -0.3 is 20.1 Å². The third-order valence-electron chi connectivity index (χ3n) is 5.73. The zero-order valence-corrected chi connectivity index (χ0v) is 19.1. The van der Waals surface area contributed by atoms with Crippen molar-refractivity contribution in [1.29, 1.82) is 0 Å². The number of fused-ring (bicyclic) bond motifs is 1. The summed E-state index contributed by atoms with van der Waals surface area (Å²) in [5, 5.41) is 14.6. The van der Waals surface area contributed by atoms with Crippen LogP contribution in [0.3, 0.4) is 0 Å². The molecule has 0 radical (unpaired) electrons. The average Bonchev–Trinajstić information content (AvgIpc) is 2.74. The van der Waals surface area contributed by atoms with E-state index in [1.54, 1.807) is 13.2 Å². The highest BCUT2D eigenvalue weighted by atomic mass is 35.5. The first-order chi connectivity index (χ1) is 13.6. The molecule has 0 spiro atoms. The molecular formula is C23H29Cl2N3O2. The van der Waals surface area contributed by atoms with Gasteiger partial charge >= 0.3 is 0 Å². The van der Waals surface area contributed by atoms with Gasteiger partial charge in [-0.3, -0.25) is 0 Å². The van der Waals surface area contributed by atoms with Gasteiger partial charge in [-0.25, -0.2) is 4.98 Å². The number of phenolic OH excluding ortho intramolecular Hbond substituents is 1. The summed E-state index contributed by atoms with van der Waals surface area (Å²) >= 11 is 0. The summed E-state index contributed by atoms with van der Waals surface area (Å²) in [7, 11) is 1.58. The number of rotatable bonds is 4. The number of hydrogen-bond acceptors (Lipinski definition) is 5. The van der Waals surface area contributed by atoms with Crippen molar-refractivity contribution >= 4 is 41.5 Å². The minimum atomic E-state index is 0. The maximum atomic E-state index is 9.99. The summed E-state index contributed by atoms with van der Waals surface area (Å²) < 4.78 is 5.33.